The van der Waals surface area contributed by atoms with E-state index in [-0.39, 0.29) is 27.6 Å². The largest absolute Gasteiger partial charge is 0.354 e. The van der Waals surface area contributed by atoms with Gasteiger partial charge in [0.25, 0.3) is 0 Å². The number of aromatic nitrogens is 11. The van der Waals surface area contributed by atoms with Gasteiger partial charge < -0.3 is 19.9 Å². The lowest BCUT2D eigenvalue weighted by Crippen LogP contribution is -2.12. The molecule has 4 N–H and O–H groups in total. The van der Waals surface area contributed by atoms with Crippen molar-refractivity contribution in [1.29, 1.82) is 0 Å². The minimum absolute atomic E-state index is 0.0248. The quantitative estimate of drug-likeness (QED) is 0.0643. The Morgan fingerprint density at radius 1 is 0.178 bits per heavy atom. The number of aromatic amines is 4. The molecule has 0 spiro atoms. The summed E-state index contributed by atoms with van der Waals surface area (Å²) in [4.78, 5) is 31.2. The summed E-state index contributed by atoms with van der Waals surface area (Å²) in [6.45, 7) is 0. The van der Waals surface area contributed by atoms with Gasteiger partial charge in [-0.2, -0.15) is 0 Å². The molecule has 0 saturated carbocycles. The normalized spacial score (nSPS) is 12.3. The zero-order chi connectivity index (χ0) is 81.9. The zero-order valence-electron chi connectivity index (χ0n) is 58.9. The third-order valence-electron chi connectivity index (χ3n) is 20.4. The fraction of sp³-hybridized carbons (Fsp3) is 0. The van der Waals surface area contributed by atoms with E-state index in [2.05, 4.69) is 40.1 Å². The van der Waals surface area contributed by atoms with E-state index in [4.69, 9.17) is 9.97 Å². The number of nitrogens with zero attached hydrogens (tertiary/aromatic N) is 7. The van der Waals surface area contributed by atoms with Crippen LogP contribution >= 0.6 is 0 Å². The van der Waals surface area contributed by atoms with E-state index < -0.39 is 206 Å². The van der Waals surface area contributed by atoms with E-state index in [9.17, 15) is 4.39 Å². The molecule has 4 aliphatic rings. The van der Waals surface area contributed by atoms with E-state index in [0.717, 1.165) is 11.1 Å². The Labute approximate surface area is 648 Å². The molecule has 8 aromatic carbocycles. The zero-order valence-corrected chi connectivity index (χ0v) is 58.9. The predicted octanol–water partition coefficient (Wildman–Crippen LogP) is 24.3. The summed E-state index contributed by atoms with van der Waals surface area (Å²) in [7, 11) is 0. The van der Waals surface area contributed by atoms with Crippen molar-refractivity contribution in [3.63, 3.8) is 0 Å². The molecule has 19 rings (SSSR count). The first-order valence-corrected chi connectivity index (χ1v) is 35.2. The van der Waals surface area contributed by atoms with Crippen molar-refractivity contribution in [3.05, 3.63) is 315 Å². The van der Waals surface area contributed by atoms with Crippen molar-refractivity contribution in [2.24, 2.45) is 0 Å². The third-order valence-corrected chi connectivity index (χ3v) is 20.4. The van der Waals surface area contributed by atoms with Crippen LogP contribution in [-0.2, 0) is 0 Å². The molecule has 30 heteroatoms. The number of H-pyrrole nitrogens is 4. The molecule has 578 valence electrons. The molecule has 0 amide bonds. The first-order valence-electron chi connectivity index (χ1n) is 35.2. The molecule has 0 radical (unpaired) electrons. The molecular weight excluding hydrogens is 1570 g/mol. The van der Waals surface area contributed by atoms with Crippen molar-refractivity contribution in [3.8, 4) is 117 Å². The lowest BCUT2D eigenvalue weighted by Gasteiger charge is -2.13. The summed E-state index contributed by atoms with van der Waals surface area (Å²) in [6, 6.07) is 45.9. The van der Waals surface area contributed by atoms with Crippen LogP contribution < -0.4 is 0 Å². The van der Waals surface area contributed by atoms with Crippen molar-refractivity contribution >= 4 is 80.6 Å². The maximum atomic E-state index is 18.5. The summed E-state index contributed by atoms with van der Waals surface area (Å²) in [5.74, 6) is -49.0. The van der Waals surface area contributed by atoms with E-state index in [0.29, 0.717) is 115 Å². The lowest BCUT2D eigenvalue weighted by molar-refractivity contribution is 0.381. The Morgan fingerprint density at radius 3 is 0.619 bits per heavy atom. The van der Waals surface area contributed by atoms with Gasteiger partial charge in [0.05, 0.1) is 56.4 Å². The molecule has 4 aliphatic heterocycles. The molecule has 0 unspecified atom stereocenters. The Balaban J connectivity index is 0.915. The number of rotatable bonds is 9. The Morgan fingerprint density at radius 2 is 0.373 bits per heavy atom. The molecular formula is C88H38F19N11. The Hall–Kier alpha value is -15.0. The van der Waals surface area contributed by atoms with Gasteiger partial charge in [0.15, 0.2) is 98.8 Å². The predicted molar refractivity (Wildman–Crippen MR) is 404 cm³/mol. The second kappa shape index (κ2) is 27.7. The molecule has 15 aromatic rings. The van der Waals surface area contributed by atoms with Crippen LogP contribution in [0.1, 0.15) is 34.2 Å². The highest BCUT2D eigenvalue weighted by Gasteiger charge is 2.39. The van der Waals surface area contributed by atoms with Gasteiger partial charge in [0, 0.05) is 88.6 Å². The standard InChI is InChI=1S/C88H38F19N11/c89-65-61(66(90)74(98)79(103)73(65)97)57-45-27-29-47(111-45)58(62-67(91)75(99)80(104)76(100)68(62)92)49-31-33-51(113-49)60(52-34-32-50(114-52)59(48-30-28-46(57)112-48)63-69(93)77(101)81(105)78(102)70(63)94)64-71(95)82(106)88(83(107)72(64)96)118-116-86-84-55(37-17-9-3-10-18-37)43-25-23-41(109-43)53(35-13-5-1-6-14-35)39-21-22-40(108-39)54(36-15-7-2-8-16-36)42-24-26-44(110-42)56(38-19-11-4-12-20-38)85(115-84)87(86)117-118/h1-34,109-111,114H. The molecule has 0 saturated heterocycles. The van der Waals surface area contributed by atoms with Crippen molar-refractivity contribution in [2.75, 3.05) is 0 Å². The van der Waals surface area contributed by atoms with Crippen molar-refractivity contribution in [2.45, 2.75) is 0 Å². The molecule has 0 fully saturated rings. The van der Waals surface area contributed by atoms with Gasteiger partial charge in [-0.1, -0.05) is 121 Å². The van der Waals surface area contributed by atoms with Crippen LogP contribution in [0.4, 0.5) is 83.4 Å². The van der Waals surface area contributed by atoms with Gasteiger partial charge in [-0.15, -0.1) is 15.0 Å². The first kappa shape index (κ1) is 73.2. The maximum absolute atomic E-state index is 18.5. The fourth-order valence-electron chi connectivity index (χ4n) is 15.2. The van der Waals surface area contributed by atoms with Crippen LogP contribution in [-0.4, -0.2) is 54.9 Å². The van der Waals surface area contributed by atoms with Gasteiger partial charge in [-0.05, 0) is 107 Å². The highest BCUT2D eigenvalue weighted by molar-refractivity contribution is 6.05. The number of fused-ring (bicyclic) bond motifs is 19. The fourth-order valence-corrected chi connectivity index (χ4v) is 15.2. The molecule has 11 nitrogen and oxygen atoms in total. The smallest absolute Gasteiger partial charge is 0.200 e. The monoisotopic (exact) mass is 1610 g/mol. The molecule has 16 bridgehead atoms. The highest BCUT2D eigenvalue weighted by atomic mass is 19.2. The van der Waals surface area contributed by atoms with E-state index >= 15 is 79.0 Å². The second-order valence-corrected chi connectivity index (χ2v) is 27.1. The molecule has 7 aromatic heterocycles. The summed E-state index contributed by atoms with van der Waals surface area (Å²) >= 11 is 0. The molecule has 11 heterocycles. The van der Waals surface area contributed by atoms with Gasteiger partial charge >= 0.3 is 0 Å². The number of hydrogen-bond acceptors (Lipinski definition) is 6. The van der Waals surface area contributed by atoms with Crippen LogP contribution in [0.15, 0.2) is 170 Å². The second-order valence-electron chi connectivity index (χ2n) is 27.1. The summed E-state index contributed by atoms with van der Waals surface area (Å²) in [5, 5.41) is 9.31. The SMILES string of the molecule is Fc1c(F)c(F)c(-c2c3nc(c(-c4c(F)c(F)c(F)c(F)c4F)c4ccc([nH]4)c(-c4c(F)c(F)c(-n5nc6c(n5)-c5nc-6c(-c6ccccc6)c6ccc([nH]6)c(-c6ccccc6)c6nc(c(-c7ccccc7)c7ccc([nH]7)c5-c5ccccc5)C=C6)c(F)c4F)c4nc(c(-c5c(F)c(F)c(F)c(F)c5F)c5ccc2[nH]5)C=C4)C=C3)c(F)c1F. The van der Waals surface area contributed by atoms with Gasteiger partial charge in [0.2, 0.25) is 17.5 Å². The average molecular weight is 1610 g/mol. The highest BCUT2D eigenvalue weighted by Crippen LogP contribution is 2.50. The molecule has 0 atom stereocenters. The average Bonchev–Trinajstić information content (AvgIpc) is 1.55. The maximum Gasteiger partial charge on any atom is 0.200 e. The Kier molecular flexibility index (Phi) is 17.2. The Bertz CT molecular complexity index is 7040. The topological polar surface area (TPSA) is 145 Å². The number of halogens is 19. The number of hydrogen-bond donors (Lipinski definition) is 4. The van der Waals surface area contributed by atoms with Gasteiger partial charge in [-0.3, -0.25) is 0 Å². The summed E-state index contributed by atoms with van der Waals surface area (Å²) < 4.78 is 311. The van der Waals surface area contributed by atoms with Crippen LogP contribution in [0.5, 0.6) is 0 Å². The van der Waals surface area contributed by atoms with Crippen LogP contribution in [0.2, 0.25) is 0 Å². The van der Waals surface area contributed by atoms with Gasteiger partial charge in [0.1, 0.15) is 22.8 Å². The minimum atomic E-state index is -2.72. The number of benzene rings is 8. The van der Waals surface area contributed by atoms with Crippen molar-refractivity contribution < 1.29 is 83.4 Å². The van der Waals surface area contributed by atoms with E-state index in [1.54, 1.807) is 72.8 Å². The molecule has 118 heavy (non-hydrogen) atoms. The van der Waals surface area contributed by atoms with E-state index in [1.807, 2.05) is 84.9 Å². The third kappa shape index (κ3) is 11.2. The minimum Gasteiger partial charge on any atom is -0.354 e. The first-order chi connectivity index (χ1) is 56.9. The molecule has 0 aliphatic carbocycles. The summed E-state index contributed by atoms with van der Waals surface area (Å²) in [6.07, 6.45) is 6.42. The van der Waals surface area contributed by atoms with Crippen LogP contribution in [0.3, 0.4) is 0 Å². The van der Waals surface area contributed by atoms with Crippen LogP contribution in [0, 0.1) is 111 Å². The van der Waals surface area contributed by atoms with Crippen molar-refractivity contribution in [1.82, 2.24) is 54.9 Å². The van der Waals surface area contributed by atoms with Gasteiger partial charge in [-0.25, -0.2) is 103 Å². The lowest BCUT2D eigenvalue weighted by atomic mass is 10.0. The van der Waals surface area contributed by atoms with Crippen LogP contribution in [0.25, 0.3) is 198 Å². The van der Waals surface area contributed by atoms with E-state index in [1.165, 1.54) is 0 Å². The summed E-state index contributed by atoms with van der Waals surface area (Å²) in [5.41, 5.74) is -15.3. The number of nitrogens with one attached hydrogen (secondary N) is 4.